The topological polar surface area (TPSA) is 69.5 Å². The van der Waals surface area contributed by atoms with E-state index in [0.29, 0.717) is 31.3 Å². The molecule has 144 valence electrons. The molecule has 0 saturated carbocycles. The van der Waals surface area contributed by atoms with Gasteiger partial charge in [0.1, 0.15) is 11.9 Å². The molecule has 1 unspecified atom stereocenters. The molecule has 0 aliphatic carbocycles. The summed E-state index contributed by atoms with van der Waals surface area (Å²) in [6, 6.07) is 13.1. The highest BCUT2D eigenvalue weighted by molar-refractivity contribution is 5.59. The molecule has 1 fully saturated rings. The molecule has 0 bridgehead atoms. The van der Waals surface area contributed by atoms with Crippen LogP contribution >= 0.6 is 0 Å². The van der Waals surface area contributed by atoms with Gasteiger partial charge >= 0.3 is 0 Å². The third kappa shape index (κ3) is 3.61. The molecule has 1 aromatic carbocycles. The minimum atomic E-state index is -0.0962. The summed E-state index contributed by atoms with van der Waals surface area (Å²) in [4.78, 5) is 23.4. The summed E-state index contributed by atoms with van der Waals surface area (Å²) in [5.74, 6) is 1.45. The van der Waals surface area contributed by atoms with Gasteiger partial charge in [-0.1, -0.05) is 12.1 Å². The monoisotopic (exact) mass is 378 g/mol. The third-order valence-corrected chi connectivity index (χ3v) is 4.92. The van der Waals surface area contributed by atoms with Crippen molar-refractivity contribution in [3.63, 3.8) is 0 Å². The minimum absolute atomic E-state index is 0.0932. The number of nitrogens with zero attached hydrogens (tertiary/aromatic N) is 4. The van der Waals surface area contributed by atoms with Crippen LogP contribution in [-0.2, 0) is 11.8 Å². The zero-order valence-corrected chi connectivity index (χ0v) is 15.9. The second-order valence-electron chi connectivity index (χ2n) is 6.65. The summed E-state index contributed by atoms with van der Waals surface area (Å²) in [7, 11) is 3.40. The molecule has 0 spiro atoms. The van der Waals surface area contributed by atoms with E-state index in [1.807, 2.05) is 36.4 Å². The van der Waals surface area contributed by atoms with Crippen LogP contribution in [0.5, 0.6) is 5.75 Å². The van der Waals surface area contributed by atoms with E-state index in [4.69, 9.17) is 14.5 Å². The van der Waals surface area contributed by atoms with Crippen LogP contribution in [0.15, 0.2) is 59.7 Å². The summed E-state index contributed by atoms with van der Waals surface area (Å²) >= 11 is 0. The van der Waals surface area contributed by atoms with E-state index < -0.39 is 0 Å². The molecular weight excluding hydrogens is 356 g/mol. The summed E-state index contributed by atoms with van der Waals surface area (Å²) in [6.07, 6.45) is 3.30. The maximum absolute atomic E-state index is 12.5. The number of aromatic nitrogens is 3. The molecule has 3 heterocycles. The number of methoxy groups -OCH3 is 1. The van der Waals surface area contributed by atoms with Crippen molar-refractivity contribution < 1.29 is 9.47 Å². The maximum atomic E-state index is 12.5. The molecule has 1 aliphatic rings. The number of morpholine rings is 1. The van der Waals surface area contributed by atoms with Crippen molar-refractivity contribution in [2.45, 2.75) is 6.10 Å². The highest BCUT2D eigenvalue weighted by Crippen LogP contribution is 2.27. The van der Waals surface area contributed by atoms with Crippen LogP contribution in [0, 0.1) is 0 Å². The Kier molecular flexibility index (Phi) is 5.08. The van der Waals surface area contributed by atoms with Gasteiger partial charge in [0.05, 0.1) is 26.0 Å². The average Bonchev–Trinajstić information content (AvgIpc) is 2.76. The lowest BCUT2D eigenvalue weighted by Gasteiger charge is -2.34. The standard InChI is InChI=1S/C21H22N4O3/c1-24-20(26)13-18(15-7-9-22-10-8-15)23-21(24)25-11-12-28-19(14-25)16-3-5-17(27-2)6-4-16/h3-10,13,19H,11-12,14H2,1-2H3. The molecule has 1 atom stereocenters. The summed E-state index contributed by atoms with van der Waals surface area (Å²) in [5, 5.41) is 0. The van der Waals surface area contributed by atoms with Gasteiger partial charge in [0.15, 0.2) is 0 Å². The van der Waals surface area contributed by atoms with Gasteiger partial charge in [-0.3, -0.25) is 14.3 Å². The van der Waals surface area contributed by atoms with Gasteiger partial charge < -0.3 is 14.4 Å². The first kappa shape index (κ1) is 18.2. The molecule has 2 aromatic heterocycles. The highest BCUT2D eigenvalue weighted by atomic mass is 16.5. The number of ether oxygens (including phenoxy) is 2. The second kappa shape index (κ2) is 7.82. The van der Waals surface area contributed by atoms with E-state index in [2.05, 4.69) is 9.88 Å². The molecular formula is C21H22N4O3. The Hall–Kier alpha value is -3.19. The largest absolute Gasteiger partial charge is 0.497 e. The van der Waals surface area contributed by atoms with Crippen LogP contribution in [0.4, 0.5) is 5.95 Å². The van der Waals surface area contributed by atoms with Gasteiger partial charge in [-0.25, -0.2) is 4.98 Å². The quantitative estimate of drug-likeness (QED) is 0.695. The molecule has 7 nitrogen and oxygen atoms in total. The first-order chi connectivity index (χ1) is 13.7. The number of pyridine rings is 1. The van der Waals surface area contributed by atoms with Crippen molar-refractivity contribution in [2.75, 3.05) is 31.7 Å². The fraction of sp³-hybridized carbons (Fsp3) is 0.286. The van der Waals surface area contributed by atoms with Crippen molar-refractivity contribution >= 4 is 5.95 Å². The molecule has 7 heteroatoms. The van der Waals surface area contributed by atoms with E-state index in [0.717, 1.165) is 16.9 Å². The van der Waals surface area contributed by atoms with Gasteiger partial charge in [-0.15, -0.1) is 0 Å². The van der Waals surface area contributed by atoms with Crippen LogP contribution in [0.25, 0.3) is 11.3 Å². The van der Waals surface area contributed by atoms with E-state index in [1.54, 1.807) is 37.2 Å². The number of anilines is 1. The second-order valence-corrected chi connectivity index (χ2v) is 6.65. The summed E-state index contributed by atoms with van der Waals surface area (Å²) in [5.41, 5.74) is 2.49. The Balaban J connectivity index is 1.64. The van der Waals surface area contributed by atoms with Crippen LogP contribution in [0.2, 0.25) is 0 Å². The molecule has 3 aromatic rings. The van der Waals surface area contributed by atoms with Crippen molar-refractivity contribution in [3.8, 4) is 17.0 Å². The lowest BCUT2D eigenvalue weighted by molar-refractivity contribution is 0.0389. The first-order valence-electron chi connectivity index (χ1n) is 9.14. The van der Waals surface area contributed by atoms with Gasteiger partial charge in [-0.2, -0.15) is 0 Å². The van der Waals surface area contributed by atoms with Crippen molar-refractivity contribution in [3.05, 3.63) is 70.8 Å². The number of benzene rings is 1. The van der Waals surface area contributed by atoms with Crippen LogP contribution in [0.1, 0.15) is 11.7 Å². The van der Waals surface area contributed by atoms with E-state index in [9.17, 15) is 4.79 Å². The third-order valence-electron chi connectivity index (χ3n) is 4.92. The lowest BCUT2D eigenvalue weighted by Crippen LogP contribution is -2.41. The number of hydrogen-bond donors (Lipinski definition) is 0. The molecule has 0 N–H and O–H groups in total. The Morgan fingerprint density at radius 2 is 1.89 bits per heavy atom. The van der Waals surface area contributed by atoms with E-state index >= 15 is 0 Å². The predicted octanol–water partition coefficient (Wildman–Crippen LogP) is 2.43. The predicted molar refractivity (Wildman–Crippen MR) is 107 cm³/mol. The number of rotatable bonds is 4. The molecule has 4 rings (SSSR count). The fourth-order valence-corrected chi connectivity index (χ4v) is 3.33. The zero-order chi connectivity index (χ0) is 19.5. The molecule has 28 heavy (non-hydrogen) atoms. The normalized spacial score (nSPS) is 16.8. The Bertz CT molecular complexity index is 1000. The maximum Gasteiger partial charge on any atom is 0.255 e. The van der Waals surface area contributed by atoms with Crippen molar-refractivity contribution in [1.82, 2.24) is 14.5 Å². The Morgan fingerprint density at radius 3 is 2.61 bits per heavy atom. The average molecular weight is 378 g/mol. The molecule has 1 saturated heterocycles. The molecule has 1 aliphatic heterocycles. The highest BCUT2D eigenvalue weighted by Gasteiger charge is 2.25. The van der Waals surface area contributed by atoms with Crippen LogP contribution in [-0.4, -0.2) is 41.3 Å². The van der Waals surface area contributed by atoms with Gasteiger partial charge in [0, 0.05) is 37.6 Å². The Morgan fingerprint density at radius 1 is 1.14 bits per heavy atom. The van der Waals surface area contributed by atoms with Crippen LogP contribution in [0.3, 0.4) is 0 Å². The van der Waals surface area contributed by atoms with E-state index in [-0.39, 0.29) is 11.7 Å². The van der Waals surface area contributed by atoms with Crippen LogP contribution < -0.4 is 15.2 Å². The number of hydrogen-bond acceptors (Lipinski definition) is 6. The van der Waals surface area contributed by atoms with Gasteiger partial charge in [0.2, 0.25) is 5.95 Å². The smallest absolute Gasteiger partial charge is 0.255 e. The lowest BCUT2D eigenvalue weighted by atomic mass is 10.1. The van der Waals surface area contributed by atoms with Gasteiger partial charge in [-0.05, 0) is 29.8 Å². The zero-order valence-electron chi connectivity index (χ0n) is 15.9. The van der Waals surface area contributed by atoms with Gasteiger partial charge in [0.25, 0.3) is 5.56 Å². The summed E-state index contributed by atoms with van der Waals surface area (Å²) in [6.45, 7) is 1.85. The SMILES string of the molecule is COc1ccc(C2CN(c3nc(-c4ccncc4)cc(=O)n3C)CCO2)cc1. The Labute approximate surface area is 163 Å². The minimum Gasteiger partial charge on any atom is -0.497 e. The summed E-state index contributed by atoms with van der Waals surface area (Å²) < 4.78 is 12.8. The van der Waals surface area contributed by atoms with E-state index in [1.165, 1.54) is 0 Å². The van der Waals surface area contributed by atoms with Crippen molar-refractivity contribution in [1.29, 1.82) is 0 Å². The van der Waals surface area contributed by atoms with Crippen molar-refractivity contribution in [2.24, 2.45) is 7.05 Å². The molecule has 0 amide bonds. The molecule has 0 radical (unpaired) electrons. The fourth-order valence-electron chi connectivity index (χ4n) is 3.33. The first-order valence-corrected chi connectivity index (χ1v) is 9.14.